The van der Waals surface area contributed by atoms with E-state index in [0.29, 0.717) is 13.0 Å². The van der Waals surface area contributed by atoms with Gasteiger partial charge in [0.2, 0.25) is 0 Å². The first kappa shape index (κ1) is 59.2. The standard InChI is InChI=1S/C51H102NO7P/c1-3-5-7-9-11-13-15-17-19-21-23-24-25-26-28-30-32-34-36-38-40-42-44-51(53)59-50(49-58-60(54,55)57-47-45-52)48-56-46-43-41-39-37-35-33-31-29-27-22-20-18-16-14-12-10-8-6-4-2/h20,22,50H,3-19,21,23-49,52H2,1-2H3,(H,54,55)/b22-20-. The zero-order chi connectivity index (χ0) is 43.7. The summed E-state index contributed by atoms with van der Waals surface area (Å²) in [5.74, 6) is -0.324. The lowest BCUT2D eigenvalue weighted by Crippen LogP contribution is -2.28. The van der Waals surface area contributed by atoms with E-state index in [0.717, 1.165) is 32.1 Å². The first-order valence-electron chi connectivity index (χ1n) is 26.2. The van der Waals surface area contributed by atoms with Crippen molar-refractivity contribution in [1.82, 2.24) is 0 Å². The third-order valence-corrected chi connectivity index (χ3v) is 12.7. The van der Waals surface area contributed by atoms with Crippen LogP contribution in [0.2, 0.25) is 0 Å². The number of ether oxygens (including phenoxy) is 2. The SMILES string of the molecule is CCCCCCCCC/C=C\CCCCCCCCCCOCC(COP(=O)(O)OCCN)OC(=O)CCCCCCCCCCCCCCCCCCCCCCCC. The van der Waals surface area contributed by atoms with E-state index in [-0.39, 0.29) is 32.3 Å². The van der Waals surface area contributed by atoms with E-state index < -0.39 is 13.9 Å². The Labute approximate surface area is 373 Å². The van der Waals surface area contributed by atoms with Crippen LogP contribution >= 0.6 is 7.82 Å². The number of unbranched alkanes of at least 4 members (excludes halogenated alkanes) is 36. The summed E-state index contributed by atoms with van der Waals surface area (Å²) in [6.07, 6.45) is 55.3. The quantitative estimate of drug-likeness (QED) is 0.0269. The number of hydrogen-bond donors (Lipinski definition) is 2. The van der Waals surface area contributed by atoms with E-state index in [1.165, 1.54) is 218 Å². The summed E-state index contributed by atoms with van der Waals surface area (Å²) in [5, 5.41) is 0. The summed E-state index contributed by atoms with van der Waals surface area (Å²) in [6, 6.07) is 0. The first-order chi connectivity index (χ1) is 29.4. The van der Waals surface area contributed by atoms with Crippen molar-refractivity contribution in [2.24, 2.45) is 5.73 Å². The number of phosphoric ester groups is 1. The fraction of sp³-hybridized carbons (Fsp3) is 0.941. The van der Waals surface area contributed by atoms with Gasteiger partial charge in [-0.15, -0.1) is 0 Å². The average molecular weight is 872 g/mol. The molecule has 60 heavy (non-hydrogen) atoms. The minimum Gasteiger partial charge on any atom is -0.457 e. The van der Waals surface area contributed by atoms with Crippen LogP contribution in [0.4, 0.5) is 0 Å². The van der Waals surface area contributed by atoms with Crippen LogP contribution in [0.5, 0.6) is 0 Å². The molecule has 0 amide bonds. The van der Waals surface area contributed by atoms with Crippen LogP contribution < -0.4 is 5.73 Å². The lowest BCUT2D eigenvalue weighted by Gasteiger charge is -2.20. The average Bonchev–Trinajstić information content (AvgIpc) is 3.24. The second kappa shape index (κ2) is 49.3. The number of hydrogen-bond acceptors (Lipinski definition) is 7. The van der Waals surface area contributed by atoms with Crippen molar-refractivity contribution >= 4 is 13.8 Å². The smallest absolute Gasteiger partial charge is 0.457 e. The lowest BCUT2D eigenvalue weighted by molar-refractivity contribution is -0.154. The predicted octanol–water partition coefficient (Wildman–Crippen LogP) is 16.2. The van der Waals surface area contributed by atoms with E-state index in [1.807, 2.05) is 0 Å². The van der Waals surface area contributed by atoms with Gasteiger partial charge in [0.15, 0.2) is 0 Å². The van der Waals surface area contributed by atoms with Crippen molar-refractivity contribution in [3.05, 3.63) is 12.2 Å². The Morgan fingerprint density at radius 1 is 0.483 bits per heavy atom. The van der Waals surface area contributed by atoms with E-state index in [9.17, 15) is 14.3 Å². The largest absolute Gasteiger partial charge is 0.472 e. The van der Waals surface area contributed by atoms with E-state index >= 15 is 0 Å². The molecule has 0 rings (SSSR count). The molecule has 0 aromatic rings. The molecule has 0 fully saturated rings. The Kier molecular flexibility index (Phi) is 48.6. The van der Waals surface area contributed by atoms with Crippen LogP contribution in [0.3, 0.4) is 0 Å². The van der Waals surface area contributed by atoms with Gasteiger partial charge in [-0.25, -0.2) is 4.57 Å². The summed E-state index contributed by atoms with van der Waals surface area (Å²) >= 11 is 0. The summed E-state index contributed by atoms with van der Waals surface area (Å²) < 4.78 is 33.6. The van der Waals surface area contributed by atoms with E-state index in [2.05, 4.69) is 26.0 Å². The van der Waals surface area contributed by atoms with Crippen LogP contribution in [-0.2, 0) is 27.9 Å². The molecule has 0 aliphatic carbocycles. The van der Waals surface area contributed by atoms with Crippen LogP contribution in [-0.4, -0.2) is 49.9 Å². The van der Waals surface area contributed by atoms with Crippen LogP contribution in [0.25, 0.3) is 0 Å². The molecule has 0 radical (unpaired) electrons. The van der Waals surface area contributed by atoms with Gasteiger partial charge in [-0.3, -0.25) is 13.8 Å². The molecule has 0 spiro atoms. The number of rotatable bonds is 51. The normalized spacial score (nSPS) is 13.3. The number of esters is 1. The number of nitrogens with two attached hydrogens (primary N) is 1. The molecule has 3 N–H and O–H groups in total. The van der Waals surface area contributed by atoms with Crippen LogP contribution in [0.15, 0.2) is 12.2 Å². The summed E-state index contributed by atoms with van der Waals surface area (Å²) in [7, 11) is -4.28. The number of carbonyl (C=O) groups excluding carboxylic acids is 1. The molecule has 2 atom stereocenters. The van der Waals surface area contributed by atoms with Crippen LogP contribution in [0.1, 0.15) is 271 Å². The maximum absolute atomic E-state index is 12.7. The van der Waals surface area contributed by atoms with Crippen molar-refractivity contribution in [2.75, 3.05) is 33.0 Å². The van der Waals surface area contributed by atoms with Crippen molar-refractivity contribution in [1.29, 1.82) is 0 Å². The second-order valence-electron chi connectivity index (χ2n) is 17.7. The molecule has 0 saturated heterocycles. The highest BCUT2D eigenvalue weighted by atomic mass is 31.2. The third kappa shape index (κ3) is 48.3. The van der Waals surface area contributed by atoms with Crippen molar-refractivity contribution in [3.63, 3.8) is 0 Å². The lowest BCUT2D eigenvalue weighted by atomic mass is 10.0. The summed E-state index contributed by atoms with van der Waals surface area (Å²) in [6.45, 7) is 4.98. The maximum Gasteiger partial charge on any atom is 0.472 e. The van der Waals surface area contributed by atoms with Gasteiger partial charge in [0, 0.05) is 19.6 Å². The summed E-state index contributed by atoms with van der Waals surface area (Å²) in [5.41, 5.74) is 5.39. The molecule has 0 aliphatic heterocycles. The summed E-state index contributed by atoms with van der Waals surface area (Å²) in [4.78, 5) is 22.6. The van der Waals surface area contributed by atoms with Gasteiger partial charge in [-0.2, -0.15) is 0 Å². The van der Waals surface area contributed by atoms with Crippen LogP contribution in [0, 0.1) is 0 Å². The Hall–Kier alpha value is -0.760. The molecule has 0 bridgehead atoms. The van der Waals surface area contributed by atoms with Gasteiger partial charge in [-0.1, -0.05) is 238 Å². The maximum atomic E-state index is 12.7. The fourth-order valence-corrected chi connectivity index (χ4v) is 8.58. The molecule has 0 aromatic heterocycles. The van der Waals surface area contributed by atoms with Gasteiger partial charge in [-0.05, 0) is 38.5 Å². The zero-order valence-corrected chi connectivity index (χ0v) is 40.9. The van der Waals surface area contributed by atoms with Gasteiger partial charge in [0.1, 0.15) is 6.10 Å². The minimum atomic E-state index is -4.28. The highest BCUT2D eigenvalue weighted by Crippen LogP contribution is 2.43. The first-order valence-corrected chi connectivity index (χ1v) is 27.7. The van der Waals surface area contributed by atoms with Crippen molar-refractivity contribution in [3.8, 4) is 0 Å². The van der Waals surface area contributed by atoms with E-state index in [4.69, 9.17) is 24.3 Å². The molecule has 0 aliphatic rings. The van der Waals surface area contributed by atoms with Crippen molar-refractivity contribution in [2.45, 2.75) is 277 Å². The third-order valence-electron chi connectivity index (χ3n) is 11.7. The molecular formula is C51H102NO7P. The number of allylic oxidation sites excluding steroid dienone is 2. The highest BCUT2D eigenvalue weighted by molar-refractivity contribution is 7.47. The molecule has 358 valence electrons. The molecule has 0 saturated carbocycles. The fourth-order valence-electron chi connectivity index (χ4n) is 7.82. The Bertz CT molecular complexity index is 935. The number of phosphoric acid groups is 1. The minimum absolute atomic E-state index is 0.0923. The topological polar surface area (TPSA) is 117 Å². The van der Waals surface area contributed by atoms with Gasteiger partial charge >= 0.3 is 13.8 Å². The number of carbonyl (C=O) groups is 1. The Morgan fingerprint density at radius 3 is 1.22 bits per heavy atom. The Morgan fingerprint density at radius 2 is 0.833 bits per heavy atom. The monoisotopic (exact) mass is 872 g/mol. The molecule has 0 heterocycles. The molecular weight excluding hydrogens is 770 g/mol. The predicted molar refractivity (Wildman–Crippen MR) is 257 cm³/mol. The zero-order valence-electron chi connectivity index (χ0n) is 40.0. The van der Waals surface area contributed by atoms with Crippen molar-refractivity contribution < 1.29 is 32.8 Å². The van der Waals surface area contributed by atoms with Gasteiger partial charge < -0.3 is 20.1 Å². The highest BCUT2D eigenvalue weighted by Gasteiger charge is 2.25. The molecule has 8 nitrogen and oxygen atoms in total. The Balaban J connectivity index is 3.89. The van der Waals surface area contributed by atoms with Gasteiger partial charge in [0.25, 0.3) is 0 Å². The van der Waals surface area contributed by atoms with Gasteiger partial charge in [0.05, 0.1) is 19.8 Å². The molecule has 0 aromatic carbocycles. The second-order valence-corrected chi connectivity index (χ2v) is 19.2. The van der Waals surface area contributed by atoms with E-state index in [1.54, 1.807) is 0 Å². The molecule has 2 unspecified atom stereocenters. The molecule has 9 heteroatoms.